The molecule has 74 valence electrons. The van der Waals surface area contributed by atoms with Crippen LogP contribution in [0.2, 0.25) is 0 Å². The second kappa shape index (κ2) is 5.22. The van der Waals surface area contributed by atoms with Crippen molar-refractivity contribution < 1.29 is 0 Å². The van der Waals surface area contributed by atoms with Crippen molar-refractivity contribution in [2.45, 2.75) is 20.8 Å². The highest BCUT2D eigenvalue weighted by Crippen LogP contribution is 2.17. The first kappa shape index (κ1) is 10.5. The van der Waals surface area contributed by atoms with Gasteiger partial charge in [-0.3, -0.25) is 0 Å². The molecule has 2 rings (SSSR count). The summed E-state index contributed by atoms with van der Waals surface area (Å²) in [5, 5.41) is 0. The van der Waals surface area contributed by atoms with E-state index in [1.165, 1.54) is 11.1 Å². The smallest absolute Gasteiger partial charge is 0.137 e. The van der Waals surface area contributed by atoms with Crippen LogP contribution in [0.3, 0.4) is 0 Å². The quantitative estimate of drug-likeness (QED) is 0.730. The van der Waals surface area contributed by atoms with Crippen molar-refractivity contribution in [1.29, 1.82) is 0 Å². The Morgan fingerprint density at radius 2 is 1.86 bits per heavy atom. The average molecular weight is 188 g/mol. The molecular weight excluding hydrogens is 172 g/mol. The molecule has 0 bridgehead atoms. The van der Waals surface area contributed by atoms with Crippen LogP contribution in [0.15, 0.2) is 36.7 Å². The summed E-state index contributed by atoms with van der Waals surface area (Å²) in [4.78, 5) is 7.27. The third-order valence-corrected chi connectivity index (χ3v) is 1.90. The number of H-pyrrole nitrogens is 1. The molecule has 1 aromatic heterocycles. The number of hydrogen-bond donors (Lipinski definition) is 1. The zero-order chi connectivity index (χ0) is 10.4. The molecule has 0 spiro atoms. The van der Waals surface area contributed by atoms with Crippen molar-refractivity contribution in [1.82, 2.24) is 9.97 Å². The second-order valence-electron chi connectivity index (χ2n) is 2.75. The maximum atomic E-state index is 4.19. The molecule has 0 aliphatic heterocycles. The lowest BCUT2D eigenvalue weighted by Gasteiger charge is -1.99. The molecule has 0 saturated carbocycles. The average Bonchev–Trinajstić information content (AvgIpc) is 2.75. The van der Waals surface area contributed by atoms with Gasteiger partial charge in [-0.05, 0) is 12.5 Å². The van der Waals surface area contributed by atoms with Crippen LogP contribution in [-0.2, 0) is 0 Å². The summed E-state index contributed by atoms with van der Waals surface area (Å²) in [6, 6.07) is 8.19. The van der Waals surface area contributed by atoms with E-state index >= 15 is 0 Å². The van der Waals surface area contributed by atoms with Crippen molar-refractivity contribution in [3.8, 4) is 11.4 Å². The number of imidazole rings is 1. The highest BCUT2D eigenvalue weighted by molar-refractivity contribution is 5.59. The van der Waals surface area contributed by atoms with Gasteiger partial charge in [-0.15, -0.1) is 0 Å². The van der Waals surface area contributed by atoms with E-state index in [4.69, 9.17) is 0 Å². The fourth-order valence-corrected chi connectivity index (χ4v) is 1.25. The Labute approximate surface area is 85.0 Å². The van der Waals surface area contributed by atoms with Gasteiger partial charge in [-0.25, -0.2) is 4.98 Å². The Kier molecular flexibility index (Phi) is 3.92. The normalized spacial score (nSPS) is 9.07. The molecule has 0 aliphatic rings. The van der Waals surface area contributed by atoms with Crippen LogP contribution in [0.25, 0.3) is 11.4 Å². The van der Waals surface area contributed by atoms with Crippen molar-refractivity contribution >= 4 is 0 Å². The van der Waals surface area contributed by atoms with E-state index in [2.05, 4.69) is 29.0 Å². The lowest BCUT2D eigenvalue weighted by molar-refractivity contribution is 1.29. The van der Waals surface area contributed by atoms with Gasteiger partial charge in [0, 0.05) is 18.0 Å². The summed E-state index contributed by atoms with van der Waals surface area (Å²) in [5.41, 5.74) is 2.41. The van der Waals surface area contributed by atoms with Gasteiger partial charge in [0.25, 0.3) is 0 Å². The van der Waals surface area contributed by atoms with E-state index in [0.717, 1.165) is 5.82 Å². The first-order valence-electron chi connectivity index (χ1n) is 4.93. The first-order valence-corrected chi connectivity index (χ1v) is 4.93. The minimum absolute atomic E-state index is 0.938. The molecule has 2 nitrogen and oxygen atoms in total. The Hall–Kier alpha value is -1.57. The highest BCUT2D eigenvalue weighted by atomic mass is 14.9. The third kappa shape index (κ3) is 2.22. The summed E-state index contributed by atoms with van der Waals surface area (Å²) in [6.07, 6.45) is 3.60. The van der Waals surface area contributed by atoms with Crippen LogP contribution in [-0.4, -0.2) is 9.97 Å². The number of aromatic nitrogens is 2. The molecule has 1 aromatic carbocycles. The molecule has 2 heteroatoms. The van der Waals surface area contributed by atoms with Crippen LogP contribution in [0.5, 0.6) is 0 Å². The lowest BCUT2D eigenvalue weighted by atomic mass is 10.1. The maximum Gasteiger partial charge on any atom is 0.137 e. The summed E-state index contributed by atoms with van der Waals surface area (Å²) in [7, 11) is 0. The number of nitrogens with one attached hydrogen (secondary N) is 1. The van der Waals surface area contributed by atoms with Crippen LogP contribution < -0.4 is 0 Å². The van der Waals surface area contributed by atoms with Crippen molar-refractivity contribution in [2.24, 2.45) is 0 Å². The van der Waals surface area contributed by atoms with Crippen LogP contribution in [0, 0.1) is 6.92 Å². The van der Waals surface area contributed by atoms with Gasteiger partial charge in [0.05, 0.1) is 0 Å². The molecule has 0 saturated heterocycles. The summed E-state index contributed by atoms with van der Waals surface area (Å²) in [5.74, 6) is 0.938. The summed E-state index contributed by atoms with van der Waals surface area (Å²) >= 11 is 0. The Morgan fingerprint density at radius 1 is 1.14 bits per heavy atom. The molecule has 1 N–H and O–H groups in total. The first-order chi connectivity index (χ1) is 6.88. The van der Waals surface area contributed by atoms with Gasteiger partial charge in [0.1, 0.15) is 5.82 Å². The molecule has 0 fully saturated rings. The lowest BCUT2D eigenvalue weighted by Crippen LogP contribution is -1.83. The van der Waals surface area contributed by atoms with E-state index in [0.29, 0.717) is 0 Å². The second-order valence-corrected chi connectivity index (χ2v) is 2.75. The molecule has 0 atom stereocenters. The van der Waals surface area contributed by atoms with Gasteiger partial charge in [-0.2, -0.15) is 0 Å². The number of aryl methyl sites for hydroxylation is 1. The standard InChI is InChI=1S/C10H10N2.C2H6/c1-8-4-2-3-5-9(8)10-11-6-7-12-10;1-2/h2-7H,1H3,(H,11,12);1-2H3. The van der Waals surface area contributed by atoms with Gasteiger partial charge in [0.2, 0.25) is 0 Å². The van der Waals surface area contributed by atoms with Crippen LogP contribution >= 0.6 is 0 Å². The topological polar surface area (TPSA) is 28.7 Å². The van der Waals surface area contributed by atoms with E-state index in [1.54, 1.807) is 6.20 Å². The SMILES string of the molecule is CC.Cc1ccccc1-c1ncc[nH]1. The Morgan fingerprint density at radius 3 is 2.43 bits per heavy atom. The summed E-state index contributed by atoms with van der Waals surface area (Å²) < 4.78 is 0. The number of aromatic amines is 1. The minimum Gasteiger partial charge on any atom is -0.345 e. The molecule has 1 heterocycles. The molecule has 0 amide bonds. The van der Waals surface area contributed by atoms with Crippen molar-refractivity contribution in [2.75, 3.05) is 0 Å². The minimum atomic E-state index is 0.938. The number of nitrogens with zero attached hydrogens (tertiary/aromatic N) is 1. The molecule has 0 unspecified atom stereocenters. The third-order valence-electron chi connectivity index (χ3n) is 1.90. The number of rotatable bonds is 1. The highest BCUT2D eigenvalue weighted by Gasteiger charge is 2.00. The van der Waals surface area contributed by atoms with E-state index in [1.807, 2.05) is 32.2 Å². The van der Waals surface area contributed by atoms with E-state index in [-0.39, 0.29) is 0 Å². The maximum absolute atomic E-state index is 4.19. The van der Waals surface area contributed by atoms with Gasteiger partial charge in [-0.1, -0.05) is 38.1 Å². The monoisotopic (exact) mass is 188 g/mol. The van der Waals surface area contributed by atoms with Crippen LogP contribution in [0.1, 0.15) is 19.4 Å². The molecule has 2 aromatic rings. The van der Waals surface area contributed by atoms with E-state index in [9.17, 15) is 0 Å². The Bertz CT molecular complexity index is 364. The summed E-state index contributed by atoms with van der Waals surface area (Å²) in [6.45, 7) is 6.08. The van der Waals surface area contributed by atoms with Crippen molar-refractivity contribution in [3.63, 3.8) is 0 Å². The molecular formula is C12H16N2. The van der Waals surface area contributed by atoms with Gasteiger partial charge >= 0.3 is 0 Å². The molecule has 0 radical (unpaired) electrons. The van der Waals surface area contributed by atoms with E-state index < -0.39 is 0 Å². The van der Waals surface area contributed by atoms with Crippen LogP contribution in [0.4, 0.5) is 0 Å². The largest absolute Gasteiger partial charge is 0.345 e. The fourth-order valence-electron chi connectivity index (χ4n) is 1.25. The molecule has 14 heavy (non-hydrogen) atoms. The fraction of sp³-hybridized carbons (Fsp3) is 0.250. The molecule has 0 aliphatic carbocycles. The number of benzene rings is 1. The zero-order valence-electron chi connectivity index (χ0n) is 8.91. The van der Waals surface area contributed by atoms with Gasteiger partial charge < -0.3 is 4.98 Å². The van der Waals surface area contributed by atoms with Crippen molar-refractivity contribution in [3.05, 3.63) is 42.2 Å². The predicted octanol–water partition coefficient (Wildman–Crippen LogP) is 3.41. The van der Waals surface area contributed by atoms with Gasteiger partial charge in [0.15, 0.2) is 0 Å². The zero-order valence-corrected chi connectivity index (χ0v) is 8.91. The predicted molar refractivity (Wildman–Crippen MR) is 60.1 cm³/mol. The Balaban J connectivity index is 0.000000461. The number of hydrogen-bond acceptors (Lipinski definition) is 1.